The molecule has 88 valence electrons. The summed E-state index contributed by atoms with van der Waals surface area (Å²) in [5, 5.41) is 3.37. The first-order chi connectivity index (χ1) is 7.81. The van der Waals surface area contributed by atoms with E-state index in [-0.39, 0.29) is 11.9 Å². The van der Waals surface area contributed by atoms with Crippen molar-refractivity contribution in [3.05, 3.63) is 35.6 Å². The molecule has 16 heavy (non-hydrogen) atoms. The van der Waals surface area contributed by atoms with Crippen LogP contribution < -0.4 is 5.32 Å². The van der Waals surface area contributed by atoms with Crippen molar-refractivity contribution in [3.8, 4) is 0 Å². The molecule has 0 aromatic heterocycles. The average molecular weight is 223 g/mol. The number of rotatable bonds is 3. The normalized spacial score (nSPS) is 25.6. The van der Waals surface area contributed by atoms with Gasteiger partial charge < -0.3 is 10.1 Å². The fraction of sp³-hybridized carbons (Fsp3) is 0.538. The van der Waals surface area contributed by atoms with Crippen molar-refractivity contribution in [2.45, 2.75) is 18.9 Å². The fourth-order valence-corrected chi connectivity index (χ4v) is 2.38. The van der Waals surface area contributed by atoms with Gasteiger partial charge in [0.2, 0.25) is 0 Å². The summed E-state index contributed by atoms with van der Waals surface area (Å²) in [6.07, 6.45) is 2.06. The predicted molar refractivity (Wildman–Crippen MR) is 61.7 cm³/mol. The SMILES string of the molecule is COCC1CCNC(c2ccccc2F)C1. The molecule has 2 unspecified atom stereocenters. The van der Waals surface area contributed by atoms with Crippen LogP contribution >= 0.6 is 0 Å². The number of benzene rings is 1. The molecule has 3 heteroatoms. The summed E-state index contributed by atoms with van der Waals surface area (Å²) in [6, 6.07) is 7.14. The quantitative estimate of drug-likeness (QED) is 0.850. The molecule has 0 spiro atoms. The second-order valence-corrected chi connectivity index (χ2v) is 4.37. The minimum absolute atomic E-state index is 0.113. The largest absolute Gasteiger partial charge is 0.384 e. The molecule has 2 nitrogen and oxygen atoms in total. The maximum atomic E-state index is 13.6. The van der Waals surface area contributed by atoms with Crippen molar-refractivity contribution in [1.82, 2.24) is 5.32 Å². The lowest BCUT2D eigenvalue weighted by Crippen LogP contribution is -2.33. The molecule has 1 saturated heterocycles. The van der Waals surface area contributed by atoms with E-state index in [9.17, 15) is 4.39 Å². The van der Waals surface area contributed by atoms with Gasteiger partial charge in [-0.05, 0) is 31.4 Å². The molecule has 1 aliphatic heterocycles. The average Bonchev–Trinajstić information content (AvgIpc) is 2.30. The minimum Gasteiger partial charge on any atom is -0.384 e. The summed E-state index contributed by atoms with van der Waals surface area (Å²) in [4.78, 5) is 0. The van der Waals surface area contributed by atoms with E-state index in [1.807, 2.05) is 12.1 Å². The second-order valence-electron chi connectivity index (χ2n) is 4.37. The number of hydrogen-bond donors (Lipinski definition) is 1. The molecule has 1 aliphatic rings. The van der Waals surface area contributed by atoms with Crippen molar-refractivity contribution in [2.75, 3.05) is 20.3 Å². The molecule has 1 N–H and O–H groups in total. The van der Waals surface area contributed by atoms with Gasteiger partial charge in [-0.1, -0.05) is 18.2 Å². The zero-order chi connectivity index (χ0) is 11.4. The van der Waals surface area contributed by atoms with Crippen LogP contribution in [0.3, 0.4) is 0 Å². The van der Waals surface area contributed by atoms with Crippen LogP contribution in [-0.2, 0) is 4.74 Å². The van der Waals surface area contributed by atoms with Gasteiger partial charge in [0.05, 0.1) is 0 Å². The van der Waals surface area contributed by atoms with Crippen LogP contribution in [0.25, 0.3) is 0 Å². The van der Waals surface area contributed by atoms with E-state index in [4.69, 9.17) is 4.74 Å². The summed E-state index contributed by atoms with van der Waals surface area (Å²) < 4.78 is 18.8. The molecular weight excluding hydrogens is 205 g/mol. The Morgan fingerprint density at radius 3 is 3.00 bits per heavy atom. The molecule has 1 heterocycles. The molecule has 1 fully saturated rings. The topological polar surface area (TPSA) is 21.3 Å². The van der Waals surface area contributed by atoms with Gasteiger partial charge in [-0.25, -0.2) is 4.39 Å². The summed E-state index contributed by atoms with van der Waals surface area (Å²) in [5.41, 5.74) is 0.781. The summed E-state index contributed by atoms with van der Waals surface area (Å²) in [5.74, 6) is 0.425. The summed E-state index contributed by atoms with van der Waals surface area (Å²) in [7, 11) is 1.72. The van der Waals surface area contributed by atoms with Crippen LogP contribution in [0.5, 0.6) is 0 Å². The van der Waals surface area contributed by atoms with Gasteiger partial charge in [0, 0.05) is 25.3 Å². The Kier molecular flexibility index (Phi) is 3.91. The van der Waals surface area contributed by atoms with E-state index in [1.165, 1.54) is 6.07 Å². The van der Waals surface area contributed by atoms with Crippen molar-refractivity contribution < 1.29 is 9.13 Å². The molecular formula is C13H18FNO. The highest BCUT2D eigenvalue weighted by molar-refractivity contribution is 5.21. The molecule has 0 saturated carbocycles. The molecule has 0 aliphatic carbocycles. The van der Waals surface area contributed by atoms with Gasteiger partial charge in [0.1, 0.15) is 5.82 Å². The first-order valence-corrected chi connectivity index (χ1v) is 5.78. The van der Waals surface area contributed by atoms with E-state index in [0.717, 1.165) is 31.6 Å². The van der Waals surface area contributed by atoms with E-state index >= 15 is 0 Å². The Hall–Kier alpha value is -0.930. The number of nitrogens with one attached hydrogen (secondary N) is 1. The van der Waals surface area contributed by atoms with Crippen LogP contribution in [-0.4, -0.2) is 20.3 Å². The Morgan fingerprint density at radius 2 is 2.25 bits per heavy atom. The van der Waals surface area contributed by atoms with Crippen molar-refractivity contribution in [2.24, 2.45) is 5.92 Å². The van der Waals surface area contributed by atoms with Gasteiger partial charge in [0.25, 0.3) is 0 Å². The minimum atomic E-state index is -0.113. The smallest absolute Gasteiger partial charge is 0.127 e. The van der Waals surface area contributed by atoms with Gasteiger partial charge in [-0.15, -0.1) is 0 Å². The molecule has 1 aromatic rings. The van der Waals surface area contributed by atoms with Crippen LogP contribution in [0.15, 0.2) is 24.3 Å². The number of piperidine rings is 1. The number of halogens is 1. The summed E-state index contributed by atoms with van der Waals surface area (Å²) >= 11 is 0. The van der Waals surface area contributed by atoms with Crippen LogP contribution in [0.4, 0.5) is 4.39 Å². The zero-order valence-corrected chi connectivity index (χ0v) is 9.58. The third-order valence-corrected chi connectivity index (χ3v) is 3.20. The van der Waals surface area contributed by atoms with E-state index in [0.29, 0.717) is 5.92 Å². The van der Waals surface area contributed by atoms with Crippen LogP contribution in [0, 0.1) is 11.7 Å². The van der Waals surface area contributed by atoms with Gasteiger partial charge in [-0.3, -0.25) is 0 Å². The second kappa shape index (κ2) is 5.41. The Balaban J connectivity index is 2.07. The van der Waals surface area contributed by atoms with Crippen molar-refractivity contribution in [3.63, 3.8) is 0 Å². The molecule has 2 atom stereocenters. The highest BCUT2D eigenvalue weighted by Crippen LogP contribution is 2.28. The Morgan fingerprint density at radius 1 is 1.44 bits per heavy atom. The van der Waals surface area contributed by atoms with Gasteiger partial charge in [-0.2, -0.15) is 0 Å². The fourth-order valence-electron chi connectivity index (χ4n) is 2.38. The molecule has 1 aromatic carbocycles. The molecule has 0 bridgehead atoms. The lowest BCUT2D eigenvalue weighted by Gasteiger charge is -2.30. The monoisotopic (exact) mass is 223 g/mol. The van der Waals surface area contributed by atoms with Crippen molar-refractivity contribution in [1.29, 1.82) is 0 Å². The maximum Gasteiger partial charge on any atom is 0.127 e. The summed E-state index contributed by atoms with van der Waals surface area (Å²) in [6.45, 7) is 1.71. The lowest BCUT2D eigenvalue weighted by molar-refractivity contribution is 0.123. The van der Waals surface area contributed by atoms with Gasteiger partial charge >= 0.3 is 0 Å². The van der Waals surface area contributed by atoms with E-state index in [1.54, 1.807) is 13.2 Å². The molecule has 0 amide bonds. The van der Waals surface area contributed by atoms with Gasteiger partial charge in [0.15, 0.2) is 0 Å². The lowest BCUT2D eigenvalue weighted by atomic mass is 9.89. The third kappa shape index (κ3) is 2.60. The first-order valence-electron chi connectivity index (χ1n) is 5.78. The Bertz CT molecular complexity index is 340. The maximum absolute atomic E-state index is 13.6. The Labute approximate surface area is 95.8 Å². The standard InChI is InChI=1S/C13H18FNO/c1-16-9-10-6-7-15-13(8-10)11-4-2-3-5-12(11)14/h2-5,10,13,15H,6-9H2,1H3. The van der Waals surface area contributed by atoms with Crippen LogP contribution in [0.1, 0.15) is 24.4 Å². The number of methoxy groups -OCH3 is 1. The zero-order valence-electron chi connectivity index (χ0n) is 9.58. The molecule has 2 rings (SSSR count). The highest BCUT2D eigenvalue weighted by Gasteiger charge is 2.24. The number of hydrogen-bond acceptors (Lipinski definition) is 2. The van der Waals surface area contributed by atoms with E-state index in [2.05, 4.69) is 5.32 Å². The first kappa shape index (κ1) is 11.6. The van der Waals surface area contributed by atoms with Crippen LogP contribution in [0.2, 0.25) is 0 Å². The third-order valence-electron chi connectivity index (χ3n) is 3.20. The number of ether oxygens (including phenoxy) is 1. The molecule has 0 radical (unpaired) electrons. The highest BCUT2D eigenvalue weighted by atomic mass is 19.1. The van der Waals surface area contributed by atoms with E-state index < -0.39 is 0 Å². The predicted octanol–water partition coefficient (Wildman–Crippen LogP) is 2.51. The van der Waals surface area contributed by atoms with Crippen molar-refractivity contribution >= 4 is 0 Å².